The highest BCUT2D eigenvalue weighted by atomic mass is 35.5. The summed E-state index contributed by atoms with van der Waals surface area (Å²) in [5.41, 5.74) is 1.01. The molecule has 18 heavy (non-hydrogen) atoms. The Morgan fingerprint density at radius 1 is 1.44 bits per heavy atom. The van der Waals surface area contributed by atoms with Crippen LogP contribution in [0.3, 0.4) is 0 Å². The molecule has 0 aromatic heterocycles. The molecular weight excluding hydrogens is 250 g/mol. The van der Waals surface area contributed by atoms with Crippen molar-refractivity contribution in [2.45, 2.75) is 38.8 Å². The van der Waals surface area contributed by atoms with Crippen LogP contribution in [0.1, 0.15) is 38.3 Å². The first-order chi connectivity index (χ1) is 8.41. The molecule has 3 nitrogen and oxygen atoms in total. The molecular formula is C14H20ClNO2. The second-order valence-corrected chi connectivity index (χ2v) is 5.06. The summed E-state index contributed by atoms with van der Waals surface area (Å²) < 4.78 is 0. The summed E-state index contributed by atoms with van der Waals surface area (Å²) in [7, 11) is 1.77. The largest absolute Gasteiger partial charge is 0.393 e. The van der Waals surface area contributed by atoms with Crippen LogP contribution in [0.25, 0.3) is 0 Å². The summed E-state index contributed by atoms with van der Waals surface area (Å²) in [6.07, 6.45) is 0.411. The van der Waals surface area contributed by atoms with Crippen molar-refractivity contribution >= 4 is 17.5 Å². The van der Waals surface area contributed by atoms with Gasteiger partial charge in [0.15, 0.2) is 0 Å². The lowest BCUT2D eigenvalue weighted by molar-refractivity contribution is -0.132. The van der Waals surface area contributed by atoms with Gasteiger partial charge in [-0.05, 0) is 38.0 Å². The van der Waals surface area contributed by atoms with Crippen molar-refractivity contribution in [3.05, 3.63) is 34.9 Å². The molecule has 1 rings (SSSR count). The lowest BCUT2D eigenvalue weighted by Gasteiger charge is -2.25. The molecule has 0 aliphatic rings. The first-order valence-corrected chi connectivity index (χ1v) is 6.48. The Balaban J connectivity index is 2.65. The van der Waals surface area contributed by atoms with Gasteiger partial charge in [0.2, 0.25) is 5.91 Å². The normalized spacial score (nSPS) is 14.1. The summed E-state index contributed by atoms with van der Waals surface area (Å²) in [5.74, 6) is 0.0309. The van der Waals surface area contributed by atoms with E-state index in [0.717, 1.165) is 5.56 Å². The van der Waals surface area contributed by atoms with E-state index in [9.17, 15) is 9.90 Å². The van der Waals surface area contributed by atoms with Crippen molar-refractivity contribution in [3.8, 4) is 0 Å². The molecule has 0 spiro atoms. The number of hydrogen-bond donors (Lipinski definition) is 1. The average Bonchev–Trinajstić information content (AvgIpc) is 2.34. The maximum absolute atomic E-state index is 11.9. The van der Waals surface area contributed by atoms with Crippen molar-refractivity contribution < 1.29 is 9.90 Å². The van der Waals surface area contributed by atoms with E-state index in [1.165, 1.54) is 0 Å². The van der Waals surface area contributed by atoms with Crippen LogP contribution in [0.4, 0.5) is 0 Å². The fourth-order valence-corrected chi connectivity index (χ4v) is 1.91. The molecule has 2 atom stereocenters. The fraction of sp³-hybridized carbons (Fsp3) is 0.500. The Labute approximate surface area is 113 Å². The smallest absolute Gasteiger partial charge is 0.222 e. The van der Waals surface area contributed by atoms with Gasteiger partial charge < -0.3 is 10.0 Å². The van der Waals surface area contributed by atoms with Gasteiger partial charge in [0.25, 0.3) is 0 Å². The number of carbonyl (C=O) groups excluding carboxylic acids is 1. The maximum atomic E-state index is 11.9. The average molecular weight is 270 g/mol. The van der Waals surface area contributed by atoms with Gasteiger partial charge in [-0.1, -0.05) is 23.7 Å². The van der Waals surface area contributed by atoms with Crippen LogP contribution >= 0.6 is 11.6 Å². The summed E-state index contributed by atoms with van der Waals surface area (Å²) in [4.78, 5) is 13.6. The Bertz CT molecular complexity index is 407. The van der Waals surface area contributed by atoms with Crippen molar-refractivity contribution in [2.24, 2.45) is 0 Å². The van der Waals surface area contributed by atoms with Gasteiger partial charge >= 0.3 is 0 Å². The Morgan fingerprint density at radius 3 is 2.67 bits per heavy atom. The van der Waals surface area contributed by atoms with Gasteiger partial charge in [0.05, 0.1) is 12.1 Å². The highest BCUT2D eigenvalue weighted by Gasteiger charge is 2.17. The van der Waals surface area contributed by atoms with Crippen LogP contribution in [-0.4, -0.2) is 29.1 Å². The van der Waals surface area contributed by atoms with E-state index >= 15 is 0 Å². The molecule has 0 saturated heterocycles. The van der Waals surface area contributed by atoms with Gasteiger partial charge in [0, 0.05) is 18.5 Å². The summed E-state index contributed by atoms with van der Waals surface area (Å²) >= 11 is 5.94. The lowest BCUT2D eigenvalue weighted by Crippen LogP contribution is -2.30. The van der Waals surface area contributed by atoms with Gasteiger partial charge in [-0.15, -0.1) is 0 Å². The zero-order chi connectivity index (χ0) is 13.7. The van der Waals surface area contributed by atoms with Crippen molar-refractivity contribution in [1.82, 2.24) is 4.90 Å². The van der Waals surface area contributed by atoms with Gasteiger partial charge in [-0.2, -0.15) is 0 Å². The number of aliphatic hydroxyl groups excluding tert-OH is 1. The molecule has 1 N–H and O–H groups in total. The third-order valence-electron chi connectivity index (χ3n) is 3.08. The molecule has 0 saturated carbocycles. The first kappa shape index (κ1) is 15.0. The first-order valence-electron chi connectivity index (χ1n) is 6.11. The van der Waals surface area contributed by atoms with Crippen LogP contribution in [0.15, 0.2) is 24.3 Å². The Kier molecular flexibility index (Phi) is 5.63. The molecule has 0 radical (unpaired) electrons. The van der Waals surface area contributed by atoms with E-state index in [4.69, 9.17) is 11.6 Å². The molecule has 0 bridgehead atoms. The number of benzene rings is 1. The SMILES string of the molecule is CC(O)CCC(=O)N(C)C(C)c1cccc(Cl)c1. The zero-order valence-corrected chi connectivity index (χ0v) is 11.8. The molecule has 1 aromatic rings. The summed E-state index contributed by atoms with van der Waals surface area (Å²) in [5, 5.41) is 9.86. The van der Waals surface area contributed by atoms with Crippen LogP contribution in [0.5, 0.6) is 0 Å². The van der Waals surface area contributed by atoms with Crippen LogP contribution in [-0.2, 0) is 4.79 Å². The minimum atomic E-state index is -0.441. The molecule has 0 fully saturated rings. The summed E-state index contributed by atoms with van der Waals surface area (Å²) in [6.45, 7) is 3.65. The van der Waals surface area contributed by atoms with E-state index in [1.807, 2.05) is 31.2 Å². The highest BCUT2D eigenvalue weighted by molar-refractivity contribution is 6.30. The van der Waals surface area contributed by atoms with E-state index in [2.05, 4.69) is 0 Å². The number of nitrogens with zero attached hydrogens (tertiary/aromatic N) is 1. The van der Waals surface area contributed by atoms with Gasteiger partial charge in [-0.3, -0.25) is 4.79 Å². The number of amides is 1. The molecule has 2 unspecified atom stereocenters. The molecule has 1 amide bonds. The van der Waals surface area contributed by atoms with Crippen molar-refractivity contribution in [3.63, 3.8) is 0 Å². The third-order valence-corrected chi connectivity index (χ3v) is 3.32. The number of rotatable bonds is 5. The van der Waals surface area contributed by atoms with Crippen molar-refractivity contribution in [1.29, 1.82) is 0 Å². The number of carbonyl (C=O) groups is 1. The number of aliphatic hydroxyl groups is 1. The zero-order valence-electron chi connectivity index (χ0n) is 11.1. The molecule has 4 heteroatoms. The molecule has 0 aliphatic heterocycles. The van der Waals surface area contributed by atoms with E-state index in [1.54, 1.807) is 18.9 Å². The number of halogens is 1. The Morgan fingerprint density at radius 2 is 2.11 bits per heavy atom. The molecule has 1 aromatic carbocycles. The van der Waals surface area contributed by atoms with Gasteiger partial charge in [-0.25, -0.2) is 0 Å². The van der Waals surface area contributed by atoms with Gasteiger partial charge in [0.1, 0.15) is 0 Å². The topological polar surface area (TPSA) is 40.5 Å². The van der Waals surface area contributed by atoms with E-state index in [0.29, 0.717) is 17.9 Å². The summed E-state index contributed by atoms with van der Waals surface area (Å²) in [6, 6.07) is 7.49. The second-order valence-electron chi connectivity index (χ2n) is 4.62. The fourth-order valence-electron chi connectivity index (χ4n) is 1.71. The lowest BCUT2D eigenvalue weighted by atomic mass is 10.1. The molecule has 0 heterocycles. The maximum Gasteiger partial charge on any atom is 0.222 e. The van der Waals surface area contributed by atoms with E-state index in [-0.39, 0.29) is 11.9 Å². The predicted octanol–water partition coefficient (Wildman–Crippen LogP) is 3.02. The highest BCUT2D eigenvalue weighted by Crippen LogP contribution is 2.22. The van der Waals surface area contributed by atoms with Crippen LogP contribution < -0.4 is 0 Å². The minimum Gasteiger partial charge on any atom is -0.393 e. The molecule has 100 valence electrons. The minimum absolute atomic E-state index is 0.0230. The number of hydrogen-bond acceptors (Lipinski definition) is 2. The predicted molar refractivity (Wildman–Crippen MR) is 73.6 cm³/mol. The third kappa shape index (κ3) is 4.31. The monoisotopic (exact) mass is 269 g/mol. The van der Waals surface area contributed by atoms with Crippen molar-refractivity contribution in [2.75, 3.05) is 7.05 Å². The standard InChI is InChI=1S/C14H20ClNO2/c1-10(17)7-8-14(18)16(3)11(2)12-5-4-6-13(15)9-12/h4-6,9-11,17H,7-8H2,1-3H3. The molecule has 0 aliphatic carbocycles. The quantitative estimate of drug-likeness (QED) is 0.893. The van der Waals surface area contributed by atoms with Crippen LogP contribution in [0.2, 0.25) is 5.02 Å². The Hall–Kier alpha value is -1.06. The van der Waals surface area contributed by atoms with E-state index < -0.39 is 6.10 Å². The van der Waals surface area contributed by atoms with Crippen LogP contribution in [0, 0.1) is 0 Å². The second kappa shape index (κ2) is 6.76.